The molecule has 2 N–H and O–H groups in total. The van der Waals surface area contributed by atoms with E-state index in [1.807, 2.05) is 32.2 Å². The van der Waals surface area contributed by atoms with Gasteiger partial charge >= 0.3 is 0 Å². The number of aromatic nitrogens is 4. The maximum absolute atomic E-state index is 5.68. The number of anilines is 1. The molecule has 0 aliphatic heterocycles. The van der Waals surface area contributed by atoms with Crippen LogP contribution in [0.3, 0.4) is 0 Å². The van der Waals surface area contributed by atoms with E-state index in [2.05, 4.69) is 15.5 Å². The van der Waals surface area contributed by atoms with Gasteiger partial charge < -0.3 is 5.73 Å². The number of nitrogen functional groups attached to an aromatic ring is 1. The standard InChI is InChI=1S/C9H11N5S/c1-6-5-7(10)3-4-8(6)15-9-11-12-13-14(9)2/h3-5H,10H2,1-2H3. The molecule has 78 valence electrons. The summed E-state index contributed by atoms with van der Waals surface area (Å²) in [6, 6.07) is 5.79. The van der Waals surface area contributed by atoms with Crippen molar-refractivity contribution in [3.8, 4) is 0 Å². The van der Waals surface area contributed by atoms with Crippen molar-refractivity contribution in [2.75, 3.05) is 5.73 Å². The van der Waals surface area contributed by atoms with Crippen molar-refractivity contribution in [3.05, 3.63) is 23.8 Å². The zero-order valence-electron chi connectivity index (χ0n) is 8.51. The second-order valence-electron chi connectivity index (χ2n) is 3.21. The van der Waals surface area contributed by atoms with Crippen LogP contribution in [0.15, 0.2) is 28.3 Å². The zero-order valence-corrected chi connectivity index (χ0v) is 9.32. The van der Waals surface area contributed by atoms with E-state index in [1.165, 1.54) is 11.8 Å². The smallest absolute Gasteiger partial charge is 0.213 e. The summed E-state index contributed by atoms with van der Waals surface area (Å²) in [6.07, 6.45) is 0. The molecule has 1 aromatic heterocycles. The van der Waals surface area contributed by atoms with E-state index >= 15 is 0 Å². The summed E-state index contributed by atoms with van der Waals surface area (Å²) in [5.41, 5.74) is 7.58. The average molecular weight is 221 g/mol. The monoisotopic (exact) mass is 221 g/mol. The van der Waals surface area contributed by atoms with Gasteiger partial charge in [-0.3, -0.25) is 0 Å². The molecule has 0 atom stereocenters. The Kier molecular flexibility index (Phi) is 2.59. The van der Waals surface area contributed by atoms with Crippen LogP contribution in [-0.4, -0.2) is 20.2 Å². The minimum atomic E-state index is 0.767. The van der Waals surface area contributed by atoms with E-state index in [0.29, 0.717) is 0 Å². The third-order valence-electron chi connectivity index (χ3n) is 1.98. The molecule has 2 aromatic rings. The van der Waals surface area contributed by atoms with Gasteiger partial charge in [0, 0.05) is 17.6 Å². The predicted molar refractivity (Wildman–Crippen MR) is 58.5 cm³/mol. The van der Waals surface area contributed by atoms with Gasteiger partial charge in [0.25, 0.3) is 0 Å². The molecule has 0 spiro atoms. The Morgan fingerprint density at radius 3 is 2.80 bits per heavy atom. The number of rotatable bonds is 2. The van der Waals surface area contributed by atoms with Crippen molar-refractivity contribution in [2.45, 2.75) is 17.0 Å². The van der Waals surface area contributed by atoms with Crippen LogP contribution < -0.4 is 5.73 Å². The van der Waals surface area contributed by atoms with Crippen LogP contribution in [0.4, 0.5) is 5.69 Å². The highest BCUT2D eigenvalue weighted by molar-refractivity contribution is 7.99. The quantitative estimate of drug-likeness (QED) is 0.773. The van der Waals surface area contributed by atoms with Crippen LogP contribution in [0.1, 0.15) is 5.56 Å². The van der Waals surface area contributed by atoms with E-state index < -0.39 is 0 Å². The van der Waals surface area contributed by atoms with Gasteiger partial charge in [0.1, 0.15) is 0 Å². The molecule has 0 aliphatic carbocycles. The summed E-state index contributed by atoms with van der Waals surface area (Å²) in [6.45, 7) is 2.02. The number of tetrazole rings is 1. The lowest BCUT2D eigenvalue weighted by atomic mass is 10.2. The Hall–Kier alpha value is -1.56. The highest BCUT2D eigenvalue weighted by Crippen LogP contribution is 2.28. The van der Waals surface area contributed by atoms with E-state index in [9.17, 15) is 0 Å². The fraction of sp³-hybridized carbons (Fsp3) is 0.222. The fourth-order valence-electron chi connectivity index (χ4n) is 1.19. The topological polar surface area (TPSA) is 69.6 Å². The molecule has 6 heteroatoms. The average Bonchev–Trinajstić information content (AvgIpc) is 2.57. The lowest BCUT2D eigenvalue weighted by molar-refractivity contribution is 0.664. The van der Waals surface area contributed by atoms with Crippen LogP contribution in [0.5, 0.6) is 0 Å². The van der Waals surface area contributed by atoms with Gasteiger partial charge in [0.15, 0.2) is 0 Å². The van der Waals surface area contributed by atoms with Crippen LogP contribution in [-0.2, 0) is 7.05 Å². The molecule has 0 unspecified atom stereocenters. The second-order valence-corrected chi connectivity index (χ2v) is 4.22. The first-order valence-electron chi connectivity index (χ1n) is 4.43. The van der Waals surface area contributed by atoms with Crippen molar-refractivity contribution in [1.29, 1.82) is 0 Å². The van der Waals surface area contributed by atoms with Crippen LogP contribution in [0, 0.1) is 6.92 Å². The number of aryl methyl sites for hydroxylation is 2. The number of hydrogen-bond acceptors (Lipinski definition) is 5. The molecular weight excluding hydrogens is 210 g/mol. The summed E-state index contributed by atoms with van der Waals surface area (Å²) >= 11 is 1.53. The molecule has 0 saturated carbocycles. The lowest BCUT2D eigenvalue weighted by Gasteiger charge is -2.04. The largest absolute Gasteiger partial charge is 0.399 e. The summed E-state index contributed by atoms with van der Waals surface area (Å²) < 4.78 is 1.64. The highest BCUT2D eigenvalue weighted by atomic mass is 32.2. The minimum absolute atomic E-state index is 0.767. The van der Waals surface area contributed by atoms with Crippen LogP contribution >= 0.6 is 11.8 Å². The van der Waals surface area contributed by atoms with E-state index in [-0.39, 0.29) is 0 Å². The number of nitrogens with zero attached hydrogens (tertiary/aromatic N) is 4. The first-order chi connectivity index (χ1) is 7.16. The van der Waals surface area contributed by atoms with Crippen molar-refractivity contribution in [3.63, 3.8) is 0 Å². The number of benzene rings is 1. The van der Waals surface area contributed by atoms with Crippen molar-refractivity contribution >= 4 is 17.4 Å². The minimum Gasteiger partial charge on any atom is -0.399 e. The molecule has 15 heavy (non-hydrogen) atoms. The molecule has 2 rings (SSSR count). The van der Waals surface area contributed by atoms with Crippen molar-refractivity contribution in [1.82, 2.24) is 20.2 Å². The van der Waals surface area contributed by atoms with E-state index in [1.54, 1.807) is 4.68 Å². The third-order valence-corrected chi connectivity index (χ3v) is 3.19. The van der Waals surface area contributed by atoms with Gasteiger partial charge in [-0.2, -0.15) is 0 Å². The Morgan fingerprint density at radius 1 is 1.40 bits per heavy atom. The van der Waals surface area contributed by atoms with E-state index in [0.717, 1.165) is 21.3 Å². The van der Waals surface area contributed by atoms with Crippen LogP contribution in [0.25, 0.3) is 0 Å². The van der Waals surface area contributed by atoms with Gasteiger partial charge in [-0.1, -0.05) is 0 Å². The van der Waals surface area contributed by atoms with Crippen molar-refractivity contribution in [2.24, 2.45) is 7.05 Å². The molecule has 0 fully saturated rings. The lowest BCUT2D eigenvalue weighted by Crippen LogP contribution is -1.93. The molecule has 1 heterocycles. The zero-order chi connectivity index (χ0) is 10.8. The highest BCUT2D eigenvalue weighted by Gasteiger charge is 2.06. The molecule has 0 aliphatic rings. The molecular formula is C9H11N5S. The van der Waals surface area contributed by atoms with Crippen molar-refractivity contribution < 1.29 is 0 Å². The van der Waals surface area contributed by atoms with Crippen LogP contribution in [0.2, 0.25) is 0 Å². The molecule has 0 radical (unpaired) electrons. The fourth-order valence-corrected chi connectivity index (χ4v) is 1.99. The summed E-state index contributed by atoms with van der Waals surface area (Å²) in [7, 11) is 1.81. The molecule has 5 nitrogen and oxygen atoms in total. The summed E-state index contributed by atoms with van der Waals surface area (Å²) in [5, 5.41) is 12.0. The summed E-state index contributed by atoms with van der Waals surface area (Å²) in [5.74, 6) is 0. The van der Waals surface area contributed by atoms with Gasteiger partial charge in [0.05, 0.1) is 0 Å². The molecule has 0 saturated heterocycles. The third kappa shape index (κ3) is 2.10. The molecule has 1 aromatic carbocycles. The normalized spacial score (nSPS) is 10.5. The Morgan fingerprint density at radius 2 is 2.20 bits per heavy atom. The number of nitrogens with two attached hydrogens (primary N) is 1. The Labute approximate surface area is 91.7 Å². The molecule has 0 amide bonds. The van der Waals surface area contributed by atoms with Gasteiger partial charge in [-0.25, -0.2) is 4.68 Å². The van der Waals surface area contributed by atoms with Gasteiger partial charge in [-0.05, 0) is 52.9 Å². The Balaban J connectivity index is 2.29. The SMILES string of the molecule is Cc1cc(N)ccc1Sc1nnnn1C. The summed E-state index contributed by atoms with van der Waals surface area (Å²) in [4.78, 5) is 1.11. The Bertz CT molecular complexity index is 479. The first-order valence-corrected chi connectivity index (χ1v) is 5.25. The first kappa shape index (κ1) is 9.97. The maximum atomic E-state index is 5.68. The molecule has 0 bridgehead atoms. The van der Waals surface area contributed by atoms with E-state index in [4.69, 9.17) is 5.73 Å². The van der Waals surface area contributed by atoms with Gasteiger partial charge in [0.2, 0.25) is 5.16 Å². The maximum Gasteiger partial charge on any atom is 0.213 e. The number of hydrogen-bond donors (Lipinski definition) is 1. The van der Waals surface area contributed by atoms with Gasteiger partial charge in [-0.15, -0.1) is 5.10 Å². The second kappa shape index (κ2) is 3.90. The predicted octanol–water partition coefficient (Wildman–Crippen LogP) is 1.25.